The van der Waals surface area contributed by atoms with Crippen LogP contribution in [0.15, 0.2) is 48.5 Å². The number of benzene rings is 2. The molecule has 0 saturated carbocycles. The molecule has 0 spiro atoms. The minimum Gasteiger partial charge on any atom is -0.326 e. The Labute approximate surface area is 153 Å². The topological polar surface area (TPSA) is 57.8 Å². The number of aromatic nitrogens is 2. The lowest BCUT2D eigenvalue weighted by molar-refractivity contribution is -0.119. The highest BCUT2D eigenvalue weighted by atomic mass is 16.1. The zero-order valence-electron chi connectivity index (χ0n) is 15.2. The first-order valence-electron chi connectivity index (χ1n) is 9.24. The third kappa shape index (κ3) is 2.92. The van der Waals surface area contributed by atoms with Gasteiger partial charge in [0.1, 0.15) is 0 Å². The maximum atomic E-state index is 12.3. The van der Waals surface area contributed by atoms with Gasteiger partial charge in [-0.2, -0.15) is 5.10 Å². The van der Waals surface area contributed by atoms with Crippen LogP contribution >= 0.6 is 0 Å². The summed E-state index contributed by atoms with van der Waals surface area (Å²) in [5.41, 5.74) is 7.74. The molecule has 1 unspecified atom stereocenters. The fourth-order valence-corrected chi connectivity index (χ4v) is 3.68. The SMILES string of the molecule is CCCC(C)C(=O)Nc1ccc2c(c1)Cc1c(-c3ccccc3)n[nH]c1-2. The number of fused-ring (bicyclic) bond motifs is 3. The molecule has 3 aromatic rings. The molecule has 0 fully saturated rings. The molecule has 0 saturated heterocycles. The highest BCUT2D eigenvalue weighted by Gasteiger charge is 2.25. The Kier molecular flexibility index (Phi) is 4.33. The predicted octanol–water partition coefficient (Wildman–Crippen LogP) is 5.02. The van der Waals surface area contributed by atoms with Gasteiger partial charge in [0.05, 0.1) is 11.4 Å². The molecule has 4 rings (SSSR count). The van der Waals surface area contributed by atoms with Crippen LogP contribution in [0.3, 0.4) is 0 Å². The van der Waals surface area contributed by atoms with Crippen molar-refractivity contribution < 1.29 is 4.79 Å². The Bertz CT molecular complexity index is 943. The van der Waals surface area contributed by atoms with Crippen molar-refractivity contribution >= 4 is 11.6 Å². The highest BCUT2D eigenvalue weighted by molar-refractivity contribution is 5.93. The summed E-state index contributed by atoms with van der Waals surface area (Å²) in [6, 6.07) is 16.4. The van der Waals surface area contributed by atoms with E-state index in [-0.39, 0.29) is 11.8 Å². The first kappa shape index (κ1) is 16.6. The van der Waals surface area contributed by atoms with Crippen molar-refractivity contribution in [2.45, 2.75) is 33.1 Å². The molecule has 2 N–H and O–H groups in total. The van der Waals surface area contributed by atoms with E-state index in [1.54, 1.807) is 0 Å². The van der Waals surface area contributed by atoms with Gasteiger partial charge in [-0.3, -0.25) is 9.89 Å². The fourth-order valence-electron chi connectivity index (χ4n) is 3.68. The van der Waals surface area contributed by atoms with Gasteiger partial charge in [-0.05, 0) is 24.1 Å². The van der Waals surface area contributed by atoms with E-state index < -0.39 is 0 Å². The molecule has 1 aromatic heterocycles. The van der Waals surface area contributed by atoms with Gasteiger partial charge in [0.15, 0.2) is 0 Å². The van der Waals surface area contributed by atoms with Crippen molar-refractivity contribution in [3.8, 4) is 22.5 Å². The molecule has 132 valence electrons. The van der Waals surface area contributed by atoms with E-state index >= 15 is 0 Å². The summed E-state index contributed by atoms with van der Waals surface area (Å²) < 4.78 is 0. The highest BCUT2D eigenvalue weighted by Crippen LogP contribution is 2.40. The molecule has 1 amide bonds. The molecule has 2 aromatic carbocycles. The number of nitrogens with zero attached hydrogens (tertiary/aromatic N) is 1. The number of nitrogens with one attached hydrogen (secondary N) is 2. The van der Waals surface area contributed by atoms with E-state index in [0.29, 0.717) is 0 Å². The molecule has 4 nitrogen and oxygen atoms in total. The third-order valence-electron chi connectivity index (χ3n) is 5.09. The number of anilines is 1. The second-order valence-corrected chi connectivity index (χ2v) is 7.02. The number of carbonyl (C=O) groups is 1. The van der Waals surface area contributed by atoms with Crippen LogP contribution in [0.5, 0.6) is 0 Å². The summed E-state index contributed by atoms with van der Waals surface area (Å²) in [6.45, 7) is 4.08. The van der Waals surface area contributed by atoms with E-state index in [2.05, 4.69) is 46.7 Å². The van der Waals surface area contributed by atoms with Crippen molar-refractivity contribution in [3.05, 3.63) is 59.7 Å². The zero-order valence-corrected chi connectivity index (χ0v) is 15.2. The average molecular weight is 345 g/mol. The third-order valence-corrected chi connectivity index (χ3v) is 5.09. The minimum absolute atomic E-state index is 0.0369. The maximum Gasteiger partial charge on any atom is 0.227 e. The molecule has 26 heavy (non-hydrogen) atoms. The Balaban J connectivity index is 1.59. The predicted molar refractivity (Wildman–Crippen MR) is 105 cm³/mol. The van der Waals surface area contributed by atoms with Gasteiger partial charge in [-0.15, -0.1) is 0 Å². The summed E-state index contributed by atoms with van der Waals surface area (Å²) in [7, 11) is 0. The van der Waals surface area contributed by atoms with Gasteiger partial charge in [0, 0.05) is 34.7 Å². The van der Waals surface area contributed by atoms with Gasteiger partial charge >= 0.3 is 0 Å². The van der Waals surface area contributed by atoms with Crippen LogP contribution < -0.4 is 5.32 Å². The lowest BCUT2D eigenvalue weighted by Gasteiger charge is -2.12. The van der Waals surface area contributed by atoms with Crippen molar-refractivity contribution in [3.63, 3.8) is 0 Å². The van der Waals surface area contributed by atoms with Crippen molar-refractivity contribution in [1.29, 1.82) is 0 Å². The van der Waals surface area contributed by atoms with Gasteiger partial charge < -0.3 is 5.32 Å². The van der Waals surface area contributed by atoms with Crippen LogP contribution in [0.2, 0.25) is 0 Å². The van der Waals surface area contributed by atoms with Gasteiger partial charge in [0.25, 0.3) is 0 Å². The standard InChI is InChI=1S/C22H23N3O/c1-3-7-14(2)22(26)23-17-10-11-18-16(12-17)13-19-20(24-25-21(18)19)15-8-5-4-6-9-15/h4-6,8-12,14H,3,7,13H2,1-2H3,(H,23,26)(H,24,25). The number of H-pyrrole nitrogens is 1. The number of rotatable bonds is 5. The van der Waals surface area contributed by atoms with Crippen LogP contribution in [0.4, 0.5) is 5.69 Å². The quantitative estimate of drug-likeness (QED) is 0.533. The van der Waals surface area contributed by atoms with Crippen molar-refractivity contribution in [2.24, 2.45) is 5.92 Å². The lowest BCUT2D eigenvalue weighted by Crippen LogP contribution is -2.20. The number of hydrogen-bond donors (Lipinski definition) is 2. The molecular weight excluding hydrogens is 322 g/mol. The molecule has 0 bridgehead atoms. The van der Waals surface area contributed by atoms with Gasteiger partial charge in [-0.1, -0.05) is 56.7 Å². The van der Waals surface area contributed by atoms with Crippen LogP contribution in [0, 0.1) is 5.92 Å². The van der Waals surface area contributed by atoms with E-state index in [0.717, 1.165) is 41.9 Å². The molecule has 0 aliphatic heterocycles. The van der Waals surface area contributed by atoms with Crippen LogP contribution in [0.1, 0.15) is 37.8 Å². The van der Waals surface area contributed by atoms with Crippen LogP contribution in [0.25, 0.3) is 22.5 Å². The molecular formula is C22H23N3O. The first-order chi connectivity index (χ1) is 12.7. The number of carbonyl (C=O) groups excluding carboxylic acids is 1. The zero-order chi connectivity index (χ0) is 18.1. The first-order valence-corrected chi connectivity index (χ1v) is 9.24. The second kappa shape index (κ2) is 6.79. The molecule has 4 heteroatoms. The Morgan fingerprint density at radius 2 is 2.04 bits per heavy atom. The number of aromatic amines is 1. The molecule has 1 atom stereocenters. The Morgan fingerprint density at radius 1 is 1.23 bits per heavy atom. The van der Waals surface area contributed by atoms with Crippen LogP contribution in [-0.2, 0) is 11.2 Å². The molecule has 1 aliphatic rings. The Hall–Kier alpha value is -2.88. The molecule has 0 radical (unpaired) electrons. The monoisotopic (exact) mass is 345 g/mol. The van der Waals surface area contributed by atoms with Crippen molar-refractivity contribution in [2.75, 3.05) is 5.32 Å². The summed E-state index contributed by atoms with van der Waals surface area (Å²) >= 11 is 0. The van der Waals surface area contributed by atoms with E-state index in [4.69, 9.17) is 0 Å². The van der Waals surface area contributed by atoms with Gasteiger partial charge in [0.2, 0.25) is 5.91 Å². The van der Waals surface area contributed by atoms with Crippen molar-refractivity contribution in [1.82, 2.24) is 10.2 Å². The smallest absolute Gasteiger partial charge is 0.227 e. The van der Waals surface area contributed by atoms with Crippen LogP contribution in [-0.4, -0.2) is 16.1 Å². The van der Waals surface area contributed by atoms with E-state index in [1.165, 1.54) is 16.7 Å². The largest absolute Gasteiger partial charge is 0.326 e. The Morgan fingerprint density at radius 3 is 2.81 bits per heavy atom. The average Bonchev–Trinajstić information content (AvgIpc) is 3.21. The lowest BCUT2D eigenvalue weighted by atomic mass is 10.0. The summed E-state index contributed by atoms with van der Waals surface area (Å²) in [4.78, 5) is 12.3. The normalized spacial score (nSPS) is 13.2. The van der Waals surface area contributed by atoms with E-state index in [1.807, 2.05) is 31.2 Å². The summed E-state index contributed by atoms with van der Waals surface area (Å²) in [6.07, 6.45) is 2.76. The molecule has 1 aliphatic carbocycles. The molecule has 1 heterocycles. The van der Waals surface area contributed by atoms with E-state index in [9.17, 15) is 4.79 Å². The number of hydrogen-bond acceptors (Lipinski definition) is 2. The van der Waals surface area contributed by atoms with Gasteiger partial charge in [-0.25, -0.2) is 0 Å². The summed E-state index contributed by atoms with van der Waals surface area (Å²) in [5.74, 6) is 0.129. The second-order valence-electron chi connectivity index (χ2n) is 7.02. The summed E-state index contributed by atoms with van der Waals surface area (Å²) in [5, 5.41) is 10.8. The number of amides is 1. The fraction of sp³-hybridized carbons (Fsp3) is 0.273. The minimum atomic E-state index is 0.0369. The maximum absolute atomic E-state index is 12.3.